The van der Waals surface area contributed by atoms with E-state index in [1.807, 2.05) is 17.5 Å². The largest absolute Gasteiger partial charge is 0.465 e. The Morgan fingerprint density at radius 1 is 1.67 bits per heavy atom. The number of rotatable bonds is 6. The van der Waals surface area contributed by atoms with E-state index in [4.69, 9.17) is 4.74 Å². The van der Waals surface area contributed by atoms with Crippen molar-refractivity contribution in [2.75, 3.05) is 13.2 Å². The van der Waals surface area contributed by atoms with E-state index in [0.29, 0.717) is 19.6 Å². The monoisotopic (exact) mass is 227 g/mol. The molecule has 0 saturated heterocycles. The van der Waals surface area contributed by atoms with Gasteiger partial charge in [0.25, 0.3) is 0 Å². The molecule has 0 radical (unpaired) electrons. The van der Waals surface area contributed by atoms with Crippen LogP contribution in [0.3, 0.4) is 0 Å². The van der Waals surface area contributed by atoms with Crippen LogP contribution < -0.4 is 0 Å². The van der Waals surface area contributed by atoms with Crippen LogP contribution in [0.15, 0.2) is 17.5 Å². The molecule has 0 unspecified atom stereocenters. The third-order valence-electron chi connectivity index (χ3n) is 1.73. The second-order valence-electron chi connectivity index (χ2n) is 2.89. The second kappa shape index (κ2) is 6.19. The molecule has 82 valence electrons. The zero-order valence-electron chi connectivity index (χ0n) is 8.51. The van der Waals surface area contributed by atoms with Crippen LogP contribution in [0, 0.1) is 0 Å². The zero-order chi connectivity index (χ0) is 11.1. The normalized spacial score (nSPS) is 9.67. The van der Waals surface area contributed by atoms with Crippen molar-refractivity contribution in [2.24, 2.45) is 0 Å². The molecule has 5 heteroatoms. The number of hydrogen-bond acceptors (Lipinski definition) is 4. The minimum absolute atomic E-state index is 0.00917. The van der Waals surface area contributed by atoms with Gasteiger partial charge >= 0.3 is 5.97 Å². The minimum Gasteiger partial charge on any atom is -0.465 e. The molecule has 0 aliphatic carbocycles. The van der Waals surface area contributed by atoms with Gasteiger partial charge in [0.2, 0.25) is 6.41 Å². The van der Waals surface area contributed by atoms with E-state index in [1.54, 1.807) is 18.3 Å². The van der Waals surface area contributed by atoms with Crippen LogP contribution in [-0.2, 0) is 20.9 Å². The molecule has 0 fully saturated rings. The molecule has 4 nitrogen and oxygen atoms in total. The lowest BCUT2D eigenvalue weighted by molar-refractivity contribution is -0.146. The lowest BCUT2D eigenvalue weighted by Gasteiger charge is -2.14. The zero-order valence-corrected chi connectivity index (χ0v) is 9.33. The molecule has 0 atom stereocenters. The van der Waals surface area contributed by atoms with Gasteiger partial charge in [-0.15, -0.1) is 11.3 Å². The maximum absolute atomic E-state index is 11.1. The third-order valence-corrected chi connectivity index (χ3v) is 2.59. The highest BCUT2D eigenvalue weighted by molar-refractivity contribution is 7.09. The molecule has 0 bridgehead atoms. The van der Waals surface area contributed by atoms with Gasteiger partial charge in [0, 0.05) is 4.88 Å². The number of amides is 1. The fourth-order valence-corrected chi connectivity index (χ4v) is 1.84. The fraction of sp³-hybridized carbons (Fsp3) is 0.400. The van der Waals surface area contributed by atoms with Crippen LogP contribution in [0.5, 0.6) is 0 Å². The molecule has 1 aromatic heterocycles. The first kappa shape index (κ1) is 11.7. The van der Waals surface area contributed by atoms with Gasteiger partial charge in [-0.3, -0.25) is 9.59 Å². The second-order valence-corrected chi connectivity index (χ2v) is 3.93. The van der Waals surface area contributed by atoms with Crippen molar-refractivity contribution in [2.45, 2.75) is 13.5 Å². The first-order valence-corrected chi connectivity index (χ1v) is 5.51. The number of hydrogen-bond donors (Lipinski definition) is 0. The maximum Gasteiger partial charge on any atom is 0.325 e. The van der Waals surface area contributed by atoms with Gasteiger partial charge in [-0.1, -0.05) is 6.07 Å². The molecule has 0 N–H and O–H groups in total. The number of thiophene rings is 1. The Morgan fingerprint density at radius 3 is 3.00 bits per heavy atom. The highest BCUT2D eigenvalue weighted by Gasteiger charge is 2.10. The van der Waals surface area contributed by atoms with Crippen LogP contribution in [0.2, 0.25) is 0 Å². The first-order chi connectivity index (χ1) is 7.26. The van der Waals surface area contributed by atoms with Crippen molar-refractivity contribution < 1.29 is 14.3 Å². The van der Waals surface area contributed by atoms with E-state index in [0.717, 1.165) is 4.88 Å². The van der Waals surface area contributed by atoms with Gasteiger partial charge in [-0.25, -0.2) is 0 Å². The predicted molar refractivity (Wildman–Crippen MR) is 57.4 cm³/mol. The van der Waals surface area contributed by atoms with E-state index in [-0.39, 0.29) is 12.5 Å². The summed E-state index contributed by atoms with van der Waals surface area (Å²) in [7, 11) is 0. The van der Waals surface area contributed by atoms with Gasteiger partial charge in [-0.2, -0.15) is 0 Å². The molecule has 0 aliphatic heterocycles. The van der Waals surface area contributed by atoms with E-state index < -0.39 is 0 Å². The van der Waals surface area contributed by atoms with Crippen LogP contribution in [0.1, 0.15) is 11.8 Å². The Bertz CT molecular complexity index is 310. The van der Waals surface area contributed by atoms with Crippen molar-refractivity contribution >= 4 is 23.7 Å². The van der Waals surface area contributed by atoms with Crippen molar-refractivity contribution in [3.63, 3.8) is 0 Å². The number of carbonyl (C=O) groups is 2. The topological polar surface area (TPSA) is 46.6 Å². The van der Waals surface area contributed by atoms with Gasteiger partial charge in [0.1, 0.15) is 6.54 Å². The number of esters is 1. The van der Waals surface area contributed by atoms with Crippen LogP contribution in [0.25, 0.3) is 0 Å². The lowest BCUT2D eigenvalue weighted by Crippen LogP contribution is -2.29. The predicted octanol–water partition coefficient (Wildman–Crippen LogP) is 1.27. The molecule has 1 amide bonds. The first-order valence-electron chi connectivity index (χ1n) is 4.63. The van der Waals surface area contributed by atoms with E-state index in [1.165, 1.54) is 4.90 Å². The highest BCUT2D eigenvalue weighted by Crippen LogP contribution is 2.10. The SMILES string of the molecule is CCOC(=O)CN(C=O)Cc1cccs1. The Kier molecular flexibility index (Phi) is 4.83. The maximum atomic E-state index is 11.1. The number of carbonyl (C=O) groups excluding carboxylic acids is 2. The highest BCUT2D eigenvalue weighted by atomic mass is 32.1. The summed E-state index contributed by atoms with van der Waals surface area (Å²) < 4.78 is 4.76. The van der Waals surface area contributed by atoms with Crippen LogP contribution in [-0.4, -0.2) is 30.4 Å². The summed E-state index contributed by atoms with van der Waals surface area (Å²) in [6.07, 6.45) is 0.663. The molecule has 0 aromatic carbocycles. The van der Waals surface area contributed by atoms with Crippen LogP contribution >= 0.6 is 11.3 Å². The Morgan fingerprint density at radius 2 is 2.47 bits per heavy atom. The summed E-state index contributed by atoms with van der Waals surface area (Å²) in [6, 6.07) is 3.83. The van der Waals surface area contributed by atoms with Gasteiger partial charge in [0.05, 0.1) is 13.2 Å². The van der Waals surface area contributed by atoms with Gasteiger partial charge in [0.15, 0.2) is 0 Å². The summed E-state index contributed by atoms with van der Waals surface area (Å²) >= 11 is 1.55. The summed E-state index contributed by atoms with van der Waals surface area (Å²) in [6.45, 7) is 2.54. The van der Waals surface area contributed by atoms with E-state index in [2.05, 4.69) is 0 Å². The molecular formula is C10H13NO3S. The van der Waals surface area contributed by atoms with Crippen molar-refractivity contribution in [3.05, 3.63) is 22.4 Å². The van der Waals surface area contributed by atoms with Crippen molar-refractivity contribution in [1.82, 2.24) is 4.90 Å². The lowest BCUT2D eigenvalue weighted by atomic mass is 10.4. The van der Waals surface area contributed by atoms with Crippen molar-refractivity contribution in [3.8, 4) is 0 Å². The van der Waals surface area contributed by atoms with Crippen LogP contribution in [0.4, 0.5) is 0 Å². The van der Waals surface area contributed by atoms with Crippen molar-refractivity contribution in [1.29, 1.82) is 0 Å². The van der Waals surface area contributed by atoms with Gasteiger partial charge in [-0.05, 0) is 18.4 Å². The average Bonchev–Trinajstić information content (AvgIpc) is 2.70. The Labute approximate surface area is 92.5 Å². The summed E-state index contributed by atoms with van der Waals surface area (Å²) in [5.41, 5.74) is 0. The summed E-state index contributed by atoms with van der Waals surface area (Å²) in [5.74, 6) is -0.374. The quantitative estimate of drug-likeness (QED) is 0.543. The molecule has 0 saturated carbocycles. The molecule has 15 heavy (non-hydrogen) atoms. The molecule has 0 spiro atoms. The minimum atomic E-state index is -0.374. The molecule has 0 aliphatic rings. The summed E-state index contributed by atoms with van der Waals surface area (Å²) in [5, 5.41) is 1.93. The molecule has 1 aromatic rings. The Hall–Kier alpha value is -1.36. The van der Waals surface area contributed by atoms with E-state index in [9.17, 15) is 9.59 Å². The molecule has 1 rings (SSSR count). The average molecular weight is 227 g/mol. The van der Waals surface area contributed by atoms with E-state index >= 15 is 0 Å². The molecular weight excluding hydrogens is 214 g/mol. The Balaban J connectivity index is 2.42. The molecule has 1 heterocycles. The standard InChI is InChI=1S/C10H13NO3S/c1-2-14-10(13)7-11(8-12)6-9-4-3-5-15-9/h3-5,8H,2,6-7H2,1H3. The smallest absolute Gasteiger partial charge is 0.325 e. The van der Waals surface area contributed by atoms with Gasteiger partial charge < -0.3 is 9.64 Å². The fourth-order valence-electron chi connectivity index (χ4n) is 1.11. The number of ether oxygens (including phenoxy) is 1. The number of nitrogens with zero attached hydrogens (tertiary/aromatic N) is 1. The third kappa shape index (κ3) is 4.12. The summed E-state index contributed by atoms with van der Waals surface area (Å²) in [4.78, 5) is 24.3.